The van der Waals surface area contributed by atoms with E-state index in [-0.39, 0.29) is 55.8 Å². The molecule has 1 aliphatic heterocycles. The van der Waals surface area contributed by atoms with Crippen molar-refractivity contribution in [1.29, 1.82) is 0 Å². The van der Waals surface area contributed by atoms with E-state index in [1.165, 1.54) is 6.08 Å². The van der Waals surface area contributed by atoms with Gasteiger partial charge in [-0.2, -0.15) is 0 Å². The molecule has 182 valence electrons. The van der Waals surface area contributed by atoms with Crippen LogP contribution in [0.15, 0.2) is 51.0 Å². The summed E-state index contributed by atoms with van der Waals surface area (Å²) in [7, 11) is 0. The van der Waals surface area contributed by atoms with Crippen molar-refractivity contribution in [3.8, 4) is 0 Å². The highest BCUT2D eigenvalue weighted by atomic mass is 16.4. The molecular formula is C26H25NO8. The van der Waals surface area contributed by atoms with Crippen LogP contribution >= 0.6 is 0 Å². The first-order valence-corrected chi connectivity index (χ1v) is 11.7. The fourth-order valence-corrected chi connectivity index (χ4v) is 6.02. The second-order valence-corrected chi connectivity index (χ2v) is 9.52. The molecule has 9 nitrogen and oxygen atoms in total. The number of fused-ring (bicyclic) bond motifs is 3. The van der Waals surface area contributed by atoms with Gasteiger partial charge in [-0.05, 0) is 50.3 Å². The quantitative estimate of drug-likeness (QED) is 0.359. The molecule has 1 fully saturated rings. The van der Waals surface area contributed by atoms with Gasteiger partial charge in [0.25, 0.3) is 0 Å². The highest BCUT2D eigenvalue weighted by Gasteiger charge is 2.56. The number of amides is 2. The molecule has 1 aromatic heterocycles. The molecule has 35 heavy (non-hydrogen) atoms. The average molecular weight is 479 g/mol. The number of carboxylic acid groups (broad SMARTS) is 1. The van der Waals surface area contributed by atoms with Crippen molar-refractivity contribution in [2.75, 3.05) is 6.54 Å². The van der Waals surface area contributed by atoms with Crippen LogP contribution in [0.2, 0.25) is 0 Å². The van der Waals surface area contributed by atoms with Crippen LogP contribution in [-0.2, 0) is 30.6 Å². The van der Waals surface area contributed by atoms with Crippen molar-refractivity contribution in [1.82, 2.24) is 4.90 Å². The molecule has 4 aliphatic rings. The molecule has 0 radical (unpaired) electrons. The molecule has 2 heterocycles. The third-order valence-electron chi connectivity index (χ3n) is 7.55. The lowest BCUT2D eigenvalue weighted by molar-refractivity contribution is -0.142. The van der Waals surface area contributed by atoms with Crippen molar-refractivity contribution >= 4 is 29.4 Å². The summed E-state index contributed by atoms with van der Waals surface area (Å²) in [6.07, 6.45) is 3.71. The molecule has 3 aliphatic carbocycles. The van der Waals surface area contributed by atoms with Gasteiger partial charge in [0.05, 0.1) is 17.8 Å². The number of carbonyl (C=O) groups is 5. The van der Waals surface area contributed by atoms with Gasteiger partial charge in [0.2, 0.25) is 11.8 Å². The molecule has 0 bridgehead atoms. The summed E-state index contributed by atoms with van der Waals surface area (Å²) in [6.45, 7) is 1.29. The van der Waals surface area contributed by atoms with E-state index in [1.807, 2.05) is 6.08 Å². The van der Waals surface area contributed by atoms with Crippen LogP contribution in [0.4, 0.5) is 0 Å². The molecular weight excluding hydrogens is 454 g/mol. The zero-order chi connectivity index (χ0) is 25.0. The minimum absolute atomic E-state index is 0.0354. The number of carboxylic acids is 1. The minimum atomic E-state index is -0.996. The summed E-state index contributed by atoms with van der Waals surface area (Å²) in [5.74, 6) is -3.92. The maximum Gasteiger partial charge on any atom is 0.303 e. The fourth-order valence-electron chi connectivity index (χ4n) is 6.02. The SMILES string of the molecule is CC1=CC(=O)C2=C(CC3C(=CCC4C(=O)N(CCCC(=O)O)C(=O)C43)C2c2ccc(CO)o2)C1=O. The Bertz CT molecular complexity index is 1260. The Labute approximate surface area is 200 Å². The lowest BCUT2D eigenvalue weighted by atomic mass is 9.60. The second kappa shape index (κ2) is 8.57. The first-order chi connectivity index (χ1) is 16.7. The summed E-state index contributed by atoms with van der Waals surface area (Å²) < 4.78 is 5.81. The highest BCUT2D eigenvalue weighted by Crippen LogP contribution is 2.55. The Kier molecular flexibility index (Phi) is 5.67. The van der Waals surface area contributed by atoms with Crippen molar-refractivity contribution in [2.45, 2.75) is 45.1 Å². The van der Waals surface area contributed by atoms with Crippen LogP contribution in [0.1, 0.15) is 50.0 Å². The van der Waals surface area contributed by atoms with Crippen molar-refractivity contribution < 1.29 is 38.6 Å². The highest BCUT2D eigenvalue weighted by molar-refractivity contribution is 6.23. The summed E-state index contributed by atoms with van der Waals surface area (Å²) in [5, 5.41) is 18.4. The van der Waals surface area contributed by atoms with E-state index in [2.05, 4.69) is 0 Å². The van der Waals surface area contributed by atoms with E-state index in [0.717, 1.165) is 10.5 Å². The summed E-state index contributed by atoms with van der Waals surface area (Å²) in [4.78, 5) is 64.8. The summed E-state index contributed by atoms with van der Waals surface area (Å²) in [6, 6.07) is 3.27. The Morgan fingerprint density at radius 1 is 1.14 bits per heavy atom. The molecule has 1 saturated heterocycles. The normalized spacial score (nSPS) is 28.0. The van der Waals surface area contributed by atoms with Crippen LogP contribution in [0, 0.1) is 17.8 Å². The van der Waals surface area contributed by atoms with E-state index in [1.54, 1.807) is 19.1 Å². The van der Waals surface area contributed by atoms with Gasteiger partial charge in [0, 0.05) is 29.7 Å². The number of aliphatic hydroxyl groups is 1. The van der Waals surface area contributed by atoms with Gasteiger partial charge in [0.15, 0.2) is 11.6 Å². The number of nitrogens with zero attached hydrogens (tertiary/aromatic N) is 1. The predicted octanol–water partition coefficient (Wildman–Crippen LogP) is 2.07. The average Bonchev–Trinajstić information content (AvgIpc) is 3.39. The molecule has 2 N–H and O–H groups in total. The van der Waals surface area contributed by atoms with Gasteiger partial charge in [-0.25, -0.2) is 0 Å². The predicted molar refractivity (Wildman–Crippen MR) is 120 cm³/mol. The Balaban J connectivity index is 1.56. The monoisotopic (exact) mass is 479 g/mol. The number of hydrogen-bond donors (Lipinski definition) is 2. The van der Waals surface area contributed by atoms with Crippen LogP contribution in [0.5, 0.6) is 0 Å². The Hall–Kier alpha value is -3.59. The number of ketones is 2. The van der Waals surface area contributed by atoms with E-state index in [0.29, 0.717) is 34.7 Å². The molecule has 0 aromatic carbocycles. The van der Waals surface area contributed by atoms with Crippen LogP contribution < -0.4 is 0 Å². The molecule has 2 amide bonds. The zero-order valence-electron chi connectivity index (χ0n) is 19.2. The molecule has 4 atom stereocenters. The summed E-state index contributed by atoms with van der Waals surface area (Å²) in [5.41, 5.74) is 1.77. The number of rotatable bonds is 6. The number of aliphatic hydroxyl groups excluding tert-OH is 1. The van der Waals surface area contributed by atoms with Gasteiger partial charge in [-0.3, -0.25) is 28.9 Å². The molecule has 1 aromatic rings. The number of aliphatic carboxylic acids is 1. The Morgan fingerprint density at radius 2 is 1.91 bits per heavy atom. The number of carbonyl (C=O) groups excluding carboxylic acids is 4. The first-order valence-electron chi connectivity index (χ1n) is 11.7. The zero-order valence-corrected chi connectivity index (χ0v) is 19.2. The van der Waals surface area contributed by atoms with Gasteiger partial charge >= 0.3 is 5.97 Å². The number of hydrogen-bond acceptors (Lipinski definition) is 7. The van der Waals surface area contributed by atoms with Gasteiger partial charge in [-0.15, -0.1) is 0 Å². The fraction of sp³-hybridized carbons (Fsp3) is 0.423. The molecule has 5 rings (SSSR count). The maximum absolute atomic E-state index is 13.4. The third kappa shape index (κ3) is 3.61. The lowest BCUT2D eigenvalue weighted by Gasteiger charge is -2.41. The topological polar surface area (TPSA) is 142 Å². The van der Waals surface area contributed by atoms with Crippen LogP contribution in [0.3, 0.4) is 0 Å². The van der Waals surface area contributed by atoms with Crippen molar-refractivity contribution in [3.63, 3.8) is 0 Å². The number of furan rings is 1. The van der Waals surface area contributed by atoms with E-state index >= 15 is 0 Å². The van der Waals surface area contributed by atoms with Crippen LogP contribution in [0.25, 0.3) is 0 Å². The smallest absolute Gasteiger partial charge is 0.303 e. The van der Waals surface area contributed by atoms with Gasteiger partial charge in [0.1, 0.15) is 18.1 Å². The standard InChI is InChI=1S/C26H25NO8/c1-12-9-18(29)22-17(24(12)32)10-16-14(23(22)19-7-4-13(11-28)35-19)5-6-15-21(16)26(34)27(25(15)33)8-2-3-20(30)31/h4-5,7,9,15-16,21,23,28H,2-3,6,8,10-11H2,1H3,(H,30,31). The summed E-state index contributed by atoms with van der Waals surface area (Å²) >= 11 is 0. The number of likely N-dealkylation sites (tertiary alicyclic amines) is 1. The largest absolute Gasteiger partial charge is 0.481 e. The lowest BCUT2D eigenvalue weighted by Crippen LogP contribution is -2.39. The first kappa shape index (κ1) is 23.2. The third-order valence-corrected chi connectivity index (χ3v) is 7.55. The molecule has 0 saturated carbocycles. The maximum atomic E-state index is 13.4. The van der Waals surface area contributed by atoms with Crippen molar-refractivity contribution in [2.24, 2.45) is 17.8 Å². The minimum Gasteiger partial charge on any atom is -0.481 e. The molecule has 9 heteroatoms. The van der Waals surface area contributed by atoms with Crippen LogP contribution in [-0.4, -0.2) is 51.0 Å². The molecule has 0 spiro atoms. The van der Waals surface area contributed by atoms with Gasteiger partial charge < -0.3 is 14.6 Å². The number of Topliss-reactive ketones (excluding diaryl/α,β-unsaturated/α-hetero) is 1. The Morgan fingerprint density at radius 3 is 2.60 bits per heavy atom. The van der Waals surface area contributed by atoms with Gasteiger partial charge in [-0.1, -0.05) is 11.6 Å². The van der Waals surface area contributed by atoms with Crippen molar-refractivity contribution in [3.05, 3.63) is 58.1 Å². The number of imide groups is 1. The van der Waals surface area contributed by atoms with E-state index in [4.69, 9.17) is 9.52 Å². The van der Waals surface area contributed by atoms with E-state index < -0.39 is 29.6 Å². The van der Waals surface area contributed by atoms with E-state index in [9.17, 15) is 29.1 Å². The number of allylic oxidation sites excluding steroid dienone is 6. The second-order valence-electron chi connectivity index (χ2n) is 9.52. The molecule has 4 unspecified atom stereocenters.